The molecule has 0 bridgehead atoms. The van der Waals surface area contributed by atoms with Crippen molar-refractivity contribution in [3.63, 3.8) is 0 Å². The van der Waals surface area contributed by atoms with E-state index < -0.39 is 5.97 Å². The Balaban J connectivity index is 3.11. The van der Waals surface area contributed by atoms with Crippen LogP contribution in [-0.4, -0.2) is 30.9 Å². The molecule has 0 aromatic heterocycles. The highest BCUT2D eigenvalue weighted by molar-refractivity contribution is 6.32. The summed E-state index contributed by atoms with van der Waals surface area (Å²) in [6, 6.07) is 0. The minimum absolute atomic E-state index is 0.0878. The molecule has 0 aromatic rings. The first-order valence-electron chi connectivity index (χ1n) is 4.23. The average molecular weight is 218 g/mol. The van der Waals surface area contributed by atoms with Gasteiger partial charge in [0.2, 0.25) is 5.91 Å². The monoisotopic (exact) mass is 217 g/mol. The van der Waals surface area contributed by atoms with Gasteiger partial charge in [0.05, 0.1) is 12.7 Å². The normalized spacial score (nSPS) is 22.7. The second kappa shape index (κ2) is 4.00. The van der Waals surface area contributed by atoms with Crippen molar-refractivity contribution < 1.29 is 14.3 Å². The van der Waals surface area contributed by atoms with E-state index in [9.17, 15) is 9.59 Å². The van der Waals surface area contributed by atoms with Gasteiger partial charge in [0.15, 0.2) is 0 Å². The van der Waals surface area contributed by atoms with Crippen LogP contribution < -0.4 is 0 Å². The number of carbonyl (C=O) groups is 2. The minimum atomic E-state index is -0.471. The first-order valence-corrected chi connectivity index (χ1v) is 4.61. The van der Waals surface area contributed by atoms with Crippen molar-refractivity contribution in [1.82, 2.24) is 4.90 Å². The third-order valence-electron chi connectivity index (χ3n) is 2.27. The molecule has 0 aromatic carbocycles. The summed E-state index contributed by atoms with van der Waals surface area (Å²) in [6.45, 7) is 1.78. The fraction of sp³-hybridized carbons (Fsp3) is 0.556. The Morgan fingerprint density at radius 3 is 2.71 bits per heavy atom. The van der Waals surface area contributed by atoms with Crippen LogP contribution in [0.5, 0.6) is 0 Å². The maximum Gasteiger partial charge on any atom is 0.337 e. The molecular formula is C9H12ClNO3. The molecule has 14 heavy (non-hydrogen) atoms. The summed E-state index contributed by atoms with van der Waals surface area (Å²) >= 11 is 5.88. The first kappa shape index (κ1) is 11.0. The quantitative estimate of drug-likeness (QED) is 0.488. The van der Waals surface area contributed by atoms with Crippen molar-refractivity contribution in [3.05, 3.63) is 10.7 Å². The maximum atomic E-state index is 11.3. The van der Waals surface area contributed by atoms with Crippen LogP contribution in [0.2, 0.25) is 0 Å². The van der Waals surface area contributed by atoms with Crippen molar-refractivity contribution in [1.29, 1.82) is 0 Å². The van der Waals surface area contributed by atoms with Crippen molar-refractivity contribution in [2.45, 2.75) is 13.3 Å². The van der Waals surface area contributed by atoms with Crippen molar-refractivity contribution in [2.24, 2.45) is 5.92 Å². The zero-order valence-electron chi connectivity index (χ0n) is 8.33. The lowest BCUT2D eigenvalue weighted by Crippen LogP contribution is -2.34. The summed E-state index contributed by atoms with van der Waals surface area (Å²) in [6.07, 6.45) is 0.289. The van der Waals surface area contributed by atoms with Gasteiger partial charge in [-0.15, -0.1) is 0 Å². The van der Waals surface area contributed by atoms with E-state index in [-0.39, 0.29) is 23.4 Å². The number of methoxy groups -OCH3 is 1. The van der Waals surface area contributed by atoms with E-state index in [0.717, 1.165) is 0 Å². The minimum Gasteiger partial charge on any atom is -0.466 e. The van der Waals surface area contributed by atoms with Crippen LogP contribution in [0, 0.1) is 5.92 Å². The molecule has 0 radical (unpaired) electrons. The lowest BCUT2D eigenvalue weighted by Gasteiger charge is -2.27. The fourth-order valence-electron chi connectivity index (χ4n) is 1.39. The summed E-state index contributed by atoms with van der Waals surface area (Å²) in [7, 11) is 2.84. The number of hydrogen-bond donors (Lipinski definition) is 0. The molecule has 1 atom stereocenters. The molecule has 4 nitrogen and oxygen atoms in total. The number of amides is 1. The van der Waals surface area contributed by atoms with Gasteiger partial charge in [-0.05, 0) is 5.92 Å². The number of rotatable bonds is 1. The molecule has 0 fully saturated rings. The highest BCUT2D eigenvalue weighted by Gasteiger charge is 2.32. The maximum absolute atomic E-state index is 11.3. The van der Waals surface area contributed by atoms with Crippen molar-refractivity contribution in [2.75, 3.05) is 14.2 Å². The van der Waals surface area contributed by atoms with Crippen LogP contribution in [0.3, 0.4) is 0 Å². The van der Waals surface area contributed by atoms with Gasteiger partial charge >= 0.3 is 5.97 Å². The lowest BCUT2D eigenvalue weighted by molar-refractivity contribution is -0.137. The SMILES string of the molecule is COC(=O)C1=C(Cl)N(C)C(=O)CC1C. The largest absolute Gasteiger partial charge is 0.466 e. The van der Waals surface area contributed by atoms with Gasteiger partial charge in [-0.1, -0.05) is 18.5 Å². The Bertz CT molecular complexity index is 311. The molecule has 78 valence electrons. The van der Waals surface area contributed by atoms with E-state index >= 15 is 0 Å². The highest BCUT2D eigenvalue weighted by Crippen LogP contribution is 2.30. The van der Waals surface area contributed by atoms with Crippen molar-refractivity contribution >= 4 is 23.5 Å². The number of esters is 1. The summed E-state index contributed by atoms with van der Waals surface area (Å²) in [5.74, 6) is -0.740. The molecule has 1 heterocycles. The van der Waals surface area contributed by atoms with Gasteiger partial charge in [0.25, 0.3) is 0 Å². The zero-order valence-corrected chi connectivity index (χ0v) is 9.09. The van der Waals surface area contributed by atoms with Crippen molar-refractivity contribution in [3.8, 4) is 0 Å². The van der Waals surface area contributed by atoms with Gasteiger partial charge < -0.3 is 9.64 Å². The Kier molecular flexibility index (Phi) is 3.16. The molecular weight excluding hydrogens is 206 g/mol. The van der Waals surface area contributed by atoms with Gasteiger partial charge in [-0.25, -0.2) is 4.79 Å². The molecule has 1 unspecified atom stereocenters. The van der Waals surface area contributed by atoms with Crippen LogP contribution in [0.25, 0.3) is 0 Å². The fourth-order valence-corrected chi connectivity index (χ4v) is 1.75. The second-order valence-electron chi connectivity index (χ2n) is 3.25. The Hall–Kier alpha value is -1.03. The molecule has 5 heteroatoms. The highest BCUT2D eigenvalue weighted by atomic mass is 35.5. The van der Waals surface area contributed by atoms with Crippen LogP contribution in [0.15, 0.2) is 10.7 Å². The number of ether oxygens (including phenoxy) is 1. The second-order valence-corrected chi connectivity index (χ2v) is 3.61. The van der Waals surface area contributed by atoms with Crippen LogP contribution in [0.1, 0.15) is 13.3 Å². The van der Waals surface area contributed by atoms with E-state index in [1.54, 1.807) is 14.0 Å². The standard InChI is InChI=1S/C9H12ClNO3/c1-5-4-6(12)11(2)8(10)7(5)9(13)14-3/h5H,4H2,1-3H3. The molecule has 1 amide bonds. The van der Waals surface area contributed by atoms with Gasteiger partial charge in [0.1, 0.15) is 5.16 Å². The number of carbonyl (C=O) groups excluding carboxylic acids is 2. The molecule has 1 aliphatic rings. The van der Waals surface area contributed by atoms with E-state index in [0.29, 0.717) is 5.57 Å². The summed E-state index contributed by atoms with van der Waals surface area (Å²) < 4.78 is 4.59. The molecule has 0 saturated carbocycles. The number of hydrogen-bond acceptors (Lipinski definition) is 3. The first-order chi connectivity index (χ1) is 6.49. The third kappa shape index (κ3) is 1.75. The third-order valence-corrected chi connectivity index (χ3v) is 2.73. The van der Waals surface area contributed by atoms with Crippen LogP contribution in [0.4, 0.5) is 0 Å². The summed E-state index contributed by atoms with van der Waals surface area (Å²) in [5.41, 5.74) is 0.372. The molecule has 0 saturated heterocycles. The number of halogens is 1. The average Bonchev–Trinajstić information content (AvgIpc) is 2.14. The molecule has 0 spiro atoms. The summed E-state index contributed by atoms with van der Waals surface area (Å²) in [5, 5.41) is 0.167. The van der Waals surface area contributed by atoms with Gasteiger partial charge in [-0.3, -0.25) is 4.79 Å². The predicted octanol–water partition coefficient (Wildman–Crippen LogP) is 1.11. The number of nitrogens with zero attached hydrogens (tertiary/aromatic N) is 1. The van der Waals surface area contributed by atoms with Gasteiger partial charge in [-0.2, -0.15) is 0 Å². The Morgan fingerprint density at radius 1 is 1.64 bits per heavy atom. The summed E-state index contributed by atoms with van der Waals surface area (Å²) in [4.78, 5) is 23.9. The lowest BCUT2D eigenvalue weighted by atomic mass is 9.95. The van der Waals surface area contributed by atoms with E-state index in [2.05, 4.69) is 4.74 Å². The van der Waals surface area contributed by atoms with E-state index in [1.807, 2.05) is 0 Å². The van der Waals surface area contributed by atoms with E-state index in [4.69, 9.17) is 11.6 Å². The van der Waals surface area contributed by atoms with Crippen LogP contribution >= 0.6 is 11.6 Å². The molecule has 1 aliphatic heterocycles. The predicted molar refractivity (Wildman–Crippen MR) is 51.4 cm³/mol. The van der Waals surface area contributed by atoms with Crippen LogP contribution in [-0.2, 0) is 14.3 Å². The Labute approximate surface area is 87.5 Å². The molecule has 0 N–H and O–H groups in total. The topological polar surface area (TPSA) is 46.6 Å². The molecule has 1 rings (SSSR count). The zero-order chi connectivity index (χ0) is 10.9. The van der Waals surface area contributed by atoms with E-state index in [1.165, 1.54) is 12.0 Å². The molecule has 0 aliphatic carbocycles. The van der Waals surface area contributed by atoms with Gasteiger partial charge in [0, 0.05) is 13.5 Å². The smallest absolute Gasteiger partial charge is 0.337 e. The Morgan fingerprint density at radius 2 is 2.21 bits per heavy atom.